The number of ether oxygens (including phenoxy) is 1. The van der Waals surface area contributed by atoms with Gasteiger partial charge in [-0.25, -0.2) is 0 Å². The number of allylic oxidation sites excluding steroid dienone is 2. The first kappa shape index (κ1) is 17.4. The SMILES string of the molecule is FC(F)(F)CC1(CC(F)(F)F)CCCC=C1N1CCOCC1. The van der Waals surface area contributed by atoms with Crippen LogP contribution in [0.15, 0.2) is 11.8 Å². The molecule has 1 heterocycles. The highest BCUT2D eigenvalue weighted by atomic mass is 19.4. The molecule has 1 aliphatic carbocycles. The standard InChI is InChI=1S/C14H19F6NO/c15-13(16,17)9-12(10-14(18,19)20)4-2-1-3-11(12)21-5-7-22-8-6-21/h3H,1-2,4-10H2. The summed E-state index contributed by atoms with van der Waals surface area (Å²) in [5.74, 6) is 0. The monoisotopic (exact) mass is 331 g/mol. The molecule has 0 bridgehead atoms. The van der Waals surface area contributed by atoms with Crippen molar-refractivity contribution >= 4 is 0 Å². The molecular formula is C14H19F6NO. The number of morpholine rings is 1. The molecule has 0 amide bonds. The fraction of sp³-hybridized carbons (Fsp3) is 0.857. The number of rotatable bonds is 3. The van der Waals surface area contributed by atoms with Crippen LogP contribution in [-0.4, -0.2) is 43.6 Å². The summed E-state index contributed by atoms with van der Waals surface area (Å²) < 4.78 is 82.9. The molecule has 0 spiro atoms. The van der Waals surface area contributed by atoms with Gasteiger partial charge in [-0.15, -0.1) is 0 Å². The molecular weight excluding hydrogens is 312 g/mol. The van der Waals surface area contributed by atoms with Gasteiger partial charge < -0.3 is 9.64 Å². The van der Waals surface area contributed by atoms with Crippen LogP contribution in [0.1, 0.15) is 32.1 Å². The second-order valence-electron chi connectivity index (χ2n) is 5.95. The van der Waals surface area contributed by atoms with Gasteiger partial charge in [-0.3, -0.25) is 0 Å². The molecule has 22 heavy (non-hydrogen) atoms. The first-order valence-electron chi connectivity index (χ1n) is 7.28. The summed E-state index contributed by atoms with van der Waals surface area (Å²) >= 11 is 0. The summed E-state index contributed by atoms with van der Waals surface area (Å²) in [4.78, 5) is 1.64. The van der Waals surface area contributed by atoms with E-state index in [1.54, 1.807) is 11.0 Å². The van der Waals surface area contributed by atoms with E-state index >= 15 is 0 Å². The molecule has 1 fully saturated rings. The van der Waals surface area contributed by atoms with Gasteiger partial charge in [0.1, 0.15) is 0 Å². The van der Waals surface area contributed by atoms with E-state index in [0.717, 1.165) is 0 Å². The largest absolute Gasteiger partial charge is 0.390 e. The normalized spacial score (nSPS) is 23.4. The molecule has 128 valence electrons. The van der Waals surface area contributed by atoms with Gasteiger partial charge in [0.15, 0.2) is 0 Å². The minimum Gasteiger partial charge on any atom is -0.378 e. The van der Waals surface area contributed by atoms with Crippen LogP contribution in [0.4, 0.5) is 26.3 Å². The Labute approximate surface area is 125 Å². The lowest BCUT2D eigenvalue weighted by atomic mass is 9.70. The van der Waals surface area contributed by atoms with Crippen molar-refractivity contribution in [2.24, 2.45) is 5.41 Å². The van der Waals surface area contributed by atoms with E-state index in [-0.39, 0.29) is 12.1 Å². The van der Waals surface area contributed by atoms with Crippen LogP contribution in [0, 0.1) is 5.41 Å². The van der Waals surface area contributed by atoms with Crippen molar-refractivity contribution in [3.8, 4) is 0 Å². The summed E-state index contributed by atoms with van der Waals surface area (Å²) in [6, 6.07) is 0. The third-order valence-corrected chi connectivity index (χ3v) is 4.17. The molecule has 0 N–H and O–H groups in total. The van der Waals surface area contributed by atoms with Gasteiger partial charge in [-0.2, -0.15) is 26.3 Å². The molecule has 2 rings (SSSR count). The molecule has 2 aliphatic rings. The highest BCUT2D eigenvalue weighted by Crippen LogP contribution is 2.52. The maximum absolute atomic E-state index is 13.0. The minimum atomic E-state index is -4.63. The first-order valence-corrected chi connectivity index (χ1v) is 7.28. The van der Waals surface area contributed by atoms with Crippen molar-refractivity contribution in [1.82, 2.24) is 4.90 Å². The van der Waals surface area contributed by atoms with E-state index in [1.165, 1.54) is 0 Å². The van der Waals surface area contributed by atoms with Crippen LogP contribution in [0.2, 0.25) is 0 Å². The summed E-state index contributed by atoms with van der Waals surface area (Å²) in [7, 11) is 0. The maximum Gasteiger partial charge on any atom is 0.390 e. The Hall–Kier alpha value is -0.920. The lowest BCUT2D eigenvalue weighted by Crippen LogP contribution is -2.46. The van der Waals surface area contributed by atoms with Crippen molar-refractivity contribution in [2.75, 3.05) is 26.3 Å². The van der Waals surface area contributed by atoms with Gasteiger partial charge in [0.2, 0.25) is 0 Å². The fourth-order valence-corrected chi connectivity index (χ4v) is 3.48. The van der Waals surface area contributed by atoms with E-state index in [4.69, 9.17) is 4.74 Å². The molecule has 0 aromatic rings. The van der Waals surface area contributed by atoms with Gasteiger partial charge >= 0.3 is 12.4 Å². The van der Waals surface area contributed by atoms with Gasteiger partial charge in [0, 0.05) is 24.2 Å². The van der Waals surface area contributed by atoms with Crippen LogP contribution >= 0.6 is 0 Å². The fourth-order valence-electron chi connectivity index (χ4n) is 3.48. The molecule has 1 aliphatic heterocycles. The molecule has 1 saturated heterocycles. The van der Waals surface area contributed by atoms with Crippen molar-refractivity contribution in [3.05, 3.63) is 11.8 Å². The van der Waals surface area contributed by atoms with Gasteiger partial charge in [0.25, 0.3) is 0 Å². The zero-order valence-corrected chi connectivity index (χ0v) is 12.1. The molecule has 0 aromatic carbocycles. The van der Waals surface area contributed by atoms with Crippen LogP contribution in [0.3, 0.4) is 0 Å². The average molecular weight is 331 g/mol. The van der Waals surface area contributed by atoms with E-state index < -0.39 is 30.6 Å². The lowest BCUT2D eigenvalue weighted by molar-refractivity contribution is -0.194. The van der Waals surface area contributed by atoms with Crippen molar-refractivity contribution in [1.29, 1.82) is 0 Å². The molecule has 8 heteroatoms. The number of halogens is 6. The Bertz CT molecular complexity index is 393. The van der Waals surface area contributed by atoms with Crippen molar-refractivity contribution in [2.45, 2.75) is 44.5 Å². The second kappa shape index (κ2) is 6.29. The zero-order valence-electron chi connectivity index (χ0n) is 12.1. The topological polar surface area (TPSA) is 12.5 Å². The Kier molecular flexibility index (Phi) is 4.99. The third kappa shape index (κ3) is 4.54. The summed E-state index contributed by atoms with van der Waals surface area (Å²) in [6.45, 7) is 1.32. The third-order valence-electron chi connectivity index (χ3n) is 4.17. The van der Waals surface area contributed by atoms with Crippen LogP contribution in [-0.2, 0) is 4.74 Å². The molecule has 0 saturated carbocycles. The molecule has 0 atom stereocenters. The zero-order chi connectivity index (χ0) is 16.4. The summed E-state index contributed by atoms with van der Waals surface area (Å²) in [5, 5.41) is 0. The Morgan fingerprint density at radius 1 is 1.00 bits per heavy atom. The summed E-state index contributed by atoms with van der Waals surface area (Å²) in [5.41, 5.74) is -1.69. The number of nitrogens with zero attached hydrogens (tertiary/aromatic N) is 1. The number of hydrogen-bond donors (Lipinski definition) is 0. The predicted octanol–water partition coefficient (Wildman–Crippen LogP) is 4.28. The minimum absolute atomic E-state index is 0.0881. The maximum atomic E-state index is 13.0. The van der Waals surface area contributed by atoms with E-state index in [9.17, 15) is 26.3 Å². The van der Waals surface area contributed by atoms with Crippen LogP contribution in [0.5, 0.6) is 0 Å². The average Bonchev–Trinajstić information content (AvgIpc) is 2.36. The van der Waals surface area contributed by atoms with E-state index in [0.29, 0.717) is 39.1 Å². The Balaban J connectivity index is 2.34. The van der Waals surface area contributed by atoms with Gasteiger partial charge in [-0.05, 0) is 19.3 Å². The molecule has 0 aromatic heterocycles. The molecule has 0 unspecified atom stereocenters. The smallest absolute Gasteiger partial charge is 0.378 e. The second-order valence-corrected chi connectivity index (χ2v) is 5.95. The van der Waals surface area contributed by atoms with E-state index in [1.807, 2.05) is 0 Å². The van der Waals surface area contributed by atoms with Gasteiger partial charge in [-0.1, -0.05) is 6.08 Å². The molecule has 2 nitrogen and oxygen atoms in total. The highest BCUT2D eigenvalue weighted by molar-refractivity contribution is 5.18. The molecule has 0 radical (unpaired) electrons. The Morgan fingerprint density at radius 2 is 1.55 bits per heavy atom. The Morgan fingerprint density at radius 3 is 2.05 bits per heavy atom. The van der Waals surface area contributed by atoms with Crippen molar-refractivity contribution in [3.63, 3.8) is 0 Å². The number of alkyl halides is 6. The van der Waals surface area contributed by atoms with Crippen molar-refractivity contribution < 1.29 is 31.1 Å². The predicted molar refractivity (Wildman–Crippen MR) is 68.1 cm³/mol. The van der Waals surface area contributed by atoms with Crippen LogP contribution in [0.25, 0.3) is 0 Å². The van der Waals surface area contributed by atoms with Crippen LogP contribution < -0.4 is 0 Å². The highest BCUT2D eigenvalue weighted by Gasteiger charge is 2.52. The number of hydrogen-bond acceptors (Lipinski definition) is 2. The quantitative estimate of drug-likeness (QED) is 0.716. The van der Waals surface area contributed by atoms with E-state index in [2.05, 4.69) is 0 Å². The lowest BCUT2D eigenvalue weighted by Gasteiger charge is -2.46. The first-order chi connectivity index (χ1) is 10.1. The van der Waals surface area contributed by atoms with Gasteiger partial charge in [0.05, 0.1) is 26.1 Å². The summed E-state index contributed by atoms with van der Waals surface area (Å²) in [6.07, 6.45) is -9.78.